The molecule has 2 atom stereocenters. The van der Waals surface area contributed by atoms with Crippen molar-refractivity contribution < 1.29 is 18.7 Å². The Morgan fingerprint density at radius 1 is 1.25 bits per heavy atom. The maximum absolute atomic E-state index is 12.9. The molecule has 0 spiro atoms. The highest BCUT2D eigenvalue weighted by Crippen LogP contribution is 2.37. The zero-order valence-electron chi connectivity index (χ0n) is 18.4. The zero-order chi connectivity index (χ0) is 22.5. The van der Waals surface area contributed by atoms with Crippen molar-refractivity contribution in [1.29, 1.82) is 0 Å². The molecule has 168 valence electrons. The number of piperidine rings is 1. The van der Waals surface area contributed by atoms with E-state index >= 15 is 0 Å². The molecule has 0 N–H and O–H groups in total. The molecular formula is C23H26N4O4S. The van der Waals surface area contributed by atoms with Crippen molar-refractivity contribution in [3.05, 3.63) is 29.3 Å². The fourth-order valence-electron chi connectivity index (χ4n) is 4.65. The van der Waals surface area contributed by atoms with E-state index in [0.29, 0.717) is 35.8 Å². The van der Waals surface area contributed by atoms with Crippen molar-refractivity contribution in [2.24, 2.45) is 0 Å². The average molecular weight is 455 g/mol. The number of carbonyl (C=O) groups excluding carboxylic acids is 2. The first-order valence-electron chi connectivity index (χ1n) is 10.9. The number of rotatable bonds is 3. The molecular weight excluding hydrogens is 428 g/mol. The van der Waals surface area contributed by atoms with Gasteiger partial charge >= 0.3 is 6.09 Å². The van der Waals surface area contributed by atoms with Gasteiger partial charge < -0.3 is 14.1 Å². The normalized spacial score (nSPS) is 21.1. The second-order valence-electron chi connectivity index (χ2n) is 9.36. The van der Waals surface area contributed by atoms with E-state index < -0.39 is 5.60 Å². The first-order chi connectivity index (χ1) is 15.3. The Morgan fingerprint density at radius 3 is 2.62 bits per heavy atom. The van der Waals surface area contributed by atoms with E-state index in [1.807, 2.05) is 37.1 Å². The number of ether oxygens (including phenoxy) is 1. The van der Waals surface area contributed by atoms with Gasteiger partial charge in [-0.05, 0) is 52.2 Å². The molecule has 2 fully saturated rings. The third-order valence-electron chi connectivity index (χ3n) is 5.95. The lowest BCUT2D eigenvalue weighted by molar-refractivity contribution is -0.0102. The molecule has 0 radical (unpaired) electrons. The standard InChI is InChI=1S/C23H26N4O4S/c1-23(2,3)31-22(29)27-15-5-4-6-16(27)12-26(11-15)21-25-18-14(13-28)7-8-17(19(18)30-21)20-24-9-10-32-20/h7-10,13,15-16H,4-6,11-12H2,1-3H3. The van der Waals surface area contributed by atoms with Crippen molar-refractivity contribution in [1.82, 2.24) is 14.9 Å². The van der Waals surface area contributed by atoms with Crippen molar-refractivity contribution >= 4 is 40.8 Å². The molecule has 32 heavy (non-hydrogen) atoms. The summed E-state index contributed by atoms with van der Waals surface area (Å²) >= 11 is 1.51. The number of aldehydes is 1. The predicted octanol–water partition coefficient (Wildman–Crippen LogP) is 4.74. The molecule has 2 aliphatic rings. The number of hydrogen-bond donors (Lipinski definition) is 0. The number of carbonyl (C=O) groups is 2. The van der Waals surface area contributed by atoms with Crippen LogP contribution in [0.4, 0.5) is 10.8 Å². The third-order valence-corrected chi connectivity index (χ3v) is 6.76. The SMILES string of the molecule is CC(C)(C)OC(=O)N1C2CCCC1CN(c1nc3c(C=O)ccc(-c4nccs4)c3o1)C2. The molecule has 8 nitrogen and oxygen atoms in total. The molecule has 2 aliphatic heterocycles. The van der Waals surface area contributed by atoms with E-state index in [-0.39, 0.29) is 18.2 Å². The Labute approximate surface area is 190 Å². The zero-order valence-corrected chi connectivity index (χ0v) is 19.2. The summed E-state index contributed by atoms with van der Waals surface area (Å²) in [7, 11) is 0. The number of hydrogen-bond acceptors (Lipinski definition) is 8. The Bertz CT molecular complexity index is 1140. The number of piperazine rings is 1. The predicted molar refractivity (Wildman–Crippen MR) is 122 cm³/mol. The minimum atomic E-state index is -0.528. The van der Waals surface area contributed by atoms with Gasteiger partial charge in [-0.1, -0.05) is 0 Å². The van der Waals surface area contributed by atoms with Gasteiger partial charge in [0, 0.05) is 30.2 Å². The van der Waals surface area contributed by atoms with Crippen LogP contribution in [0.2, 0.25) is 0 Å². The monoisotopic (exact) mass is 454 g/mol. The number of fused-ring (bicyclic) bond motifs is 3. The van der Waals surface area contributed by atoms with Gasteiger partial charge in [-0.15, -0.1) is 11.3 Å². The first kappa shape index (κ1) is 20.9. The van der Waals surface area contributed by atoms with Gasteiger partial charge in [-0.25, -0.2) is 9.78 Å². The summed E-state index contributed by atoms with van der Waals surface area (Å²) in [6.45, 7) is 6.90. The summed E-state index contributed by atoms with van der Waals surface area (Å²) in [5, 5.41) is 2.73. The summed E-state index contributed by atoms with van der Waals surface area (Å²) in [5.41, 5.74) is 1.90. The molecule has 1 amide bonds. The number of anilines is 1. The summed E-state index contributed by atoms with van der Waals surface area (Å²) in [6, 6.07) is 4.17. The fourth-order valence-corrected chi connectivity index (χ4v) is 5.31. The van der Waals surface area contributed by atoms with Gasteiger partial charge in [0.05, 0.1) is 17.6 Å². The summed E-state index contributed by atoms with van der Waals surface area (Å²) in [6.07, 6.45) is 5.20. The highest BCUT2D eigenvalue weighted by atomic mass is 32.1. The molecule has 0 saturated carbocycles. The molecule has 2 saturated heterocycles. The Balaban J connectivity index is 1.47. The Kier molecular flexibility index (Phi) is 5.16. The molecule has 2 aromatic heterocycles. The van der Waals surface area contributed by atoms with Crippen LogP contribution in [0.5, 0.6) is 0 Å². The number of nitrogens with zero attached hydrogens (tertiary/aromatic N) is 4. The molecule has 1 aromatic carbocycles. The van der Waals surface area contributed by atoms with E-state index in [9.17, 15) is 9.59 Å². The quantitative estimate of drug-likeness (QED) is 0.528. The Morgan fingerprint density at radius 2 is 2.00 bits per heavy atom. The van der Waals surface area contributed by atoms with Crippen LogP contribution in [0.3, 0.4) is 0 Å². The van der Waals surface area contributed by atoms with E-state index in [1.165, 1.54) is 11.3 Å². The number of thiazole rings is 1. The molecule has 3 aromatic rings. The lowest BCUT2D eigenvalue weighted by atomic mass is 9.92. The van der Waals surface area contributed by atoms with Crippen molar-refractivity contribution in [3.63, 3.8) is 0 Å². The van der Waals surface area contributed by atoms with Crippen LogP contribution < -0.4 is 4.90 Å². The molecule has 9 heteroatoms. The fraction of sp³-hybridized carbons (Fsp3) is 0.478. The van der Waals surface area contributed by atoms with Gasteiger partial charge in [0.25, 0.3) is 6.01 Å². The van der Waals surface area contributed by atoms with Crippen molar-refractivity contribution in [2.45, 2.75) is 57.7 Å². The number of oxazole rings is 1. The second kappa shape index (κ2) is 7.88. The van der Waals surface area contributed by atoms with Crippen LogP contribution in [0, 0.1) is 0 Å². The number of amides is 1. The third kappa shape index (κ3) is 3.74. The van der Waals surface area contributed by atoms with Crippen LogP contribution in [-0.2, 0) is 4.74 Å². The van der Waals surface area contributed by atoms with E-state index in [2.05, 4.69) is 9.88 Å². The second-order valence-corrected chi connectivity index (χ2v) is 10.3. The van der Waals surface area contributed by atoms with E-state index in [1.54, 1.807) is 12.3 Å². The van der Waals surface area contributed by atoms with E-state index in [4.69, 9.17) is 14.1 Å². The van der Waals surface area contributed by atoms with Gasteiger partial charge in [-0.2, -0.15) is 4.98 Å². The lowest BCUT2D eigenvalue weighted by Gasteiger charge is -2.49. The molecule has 5 rings (SSSR count). The van der Waals surface area contributed by atoms with Gasteiger partial charge in [0.15, 0.2) is 11.9 Å². The van der Waals surface area contributed by atoms with E-state index in [0.717, 1.165) is 36.1 Å². The molecule has 0 aliphatic carbocycles. The molecule has 4 heterocycles. The van der Waals surface area contributed by atoms with Crippen LogP contribution >= 0.6 is 11.3 Å². The van der Waals surface area contributed by atoms with Crippen LogP contribution in [-0.4, -0.2) is 58.0 Å². The minimum Gasteiger partial charge on any atom is -0.444 e. The lowest BCUT2D eigenvalue weighted by Crippen LogP contribution is -2.63. The number of benzene rings is 1. The summed E-state index contributed by atoms with van der Waals surface area (Å²) < 4.78 is 11.9. The van der Waals surface area contributed by atoms with Gasteiger partial charge in [0.1, 0.15) is 16.1 Å². The van der Waals surface area contributed by atoms with Crippen molar-refractivity contribution in [2.75, 3.05) is 18.0 Å². The topological polar surface area (TPSA) is 88.8 Å². The maximum atomic E-state index is 12.9. The smallest absolute Gasteiger partial charge is 0.410 e. The molecule has 2 unspecified atom stereocenters. The van der Waals surface area contributed by atoms with Crippen LogP contribution in [0.1, 0.15) is 50.4 Å². The first-order valence-corrected chi connectivity index (χ1v) is 11.8. The van der Waals surface area contributed by atoms with Crippen LogP contribution in [0.25, 0.3) is 21.7 Å². The summed E-state index contributed by atoms with van der Waals surface area (Å²) in [5.74, 6) is 0. The maximum Gasteiger partial charge on any atom is 0.410 e. The molecule has 2 bridgehead atoms. The highest BCUT2D eigenvalue weighted by Gasteiger charge is 2.43. The largest absolute Gasteiger partial charge is 0.444 e. The minimum absolute atomic E-state index is 0.0383. The Hall–Kier alpha value is -2.94. The van der Waals surface area contributed by atoms with Crippen LogP contribution in [0.15, 0.2) is 28.1 Å². The van der Waals surface area contributed by atoms with Crippen molar-refractivity contribution in [3.8, 4) is 10.6 Å². The summed E-state index contributed by atoms with van der Waals surface area (Å²) in [4.78, 5) is 37.6. The average Bonchev–Trinajstić information content (AvgIpc) is 3.41. The van der Waals surface area contributed by atoms with Gasteiger partial charge in [-0.3, -0.25) is 9.69 Å². The number of aromatic nitrogens is 2. The van der Waals surface area contributed by atoms with Gasteiger partial charge in [0.2, 0.25) is 0 Å². The highest BCUT2D eigenvalue weighted by molar-refractivity contribution is 7.13.